The number of carbonyl (C=O) groups excluding carboxylic acids is 1. The zero-order chi connectivity index (χ0) is 12.3. The summed E-state index contributed by atoms with van der Waals surface area (Å²) in [4.78, 5) is 15.6. The Hall–Kier alpha value is -1.55. The third-order valence-corrected chi connectivity index (χ3v) is 3.07. The molecular weight excluding hydrogens is 216 g/mol. The van der Waals surface area contributed by atoms with Crippen molar-refractivity contribution in [1.82, 2.24) is 0 Å². The van der Waals surface area contributed by atoms with Gasteiger partial charge in [0.1, 0.15) is 0 Å². The van der Waals surface area contributed by atoms with Crippen LogP contribution in [0.1, 0.15) is 13.3 Å². The van der Waals surface area contributed by atoms with Gasteiger partial charge in [0.2, 0.25) is 5.91 Å². The van der Waals surface area contributed by atoms with E-state index in [2.05, 4.69) is 4.90 Å². The van der Waals surface area contributed by atoms with E-state index in [1.165, 1.54) is 0 Å². The number of fused-ring (bicyclic) bond motifs is 1. The maximum absolute atomic E-state index is 11.6. The molecule has 1 aliphatic rings. The van der Waals surface area contributed by atoms with Gasteiger partial charge >= 0.3 is 0 Å². The van der Waals surface area contributed by atoms with Crippen molar-refractivity contribution in [2.24, 2.45) is 0 Å². The molecule has 0 aliphatic carbocycles. The Morgan fingerprint density at radius 3 is 2.65 bits per heavy atom. The van der Waals surface area contributed by atoms with Crippen LogP contribution in [0.3, 0.4) is 0 Å². The summed E-state index contributed by atoms with van der Waals surface area (Å²) in [6.45, 7) is 3.96. The highest BCUT2D eigenvalue weighted by atomic mass is 16.3. The fourth-order valence-electron chi connectivity index (χ4n) is 2.30. The summed E-state index contributed by atoms with van der Waals surface area (Å²) in [6.07, 6.45) is 0.925. The van der Waals surface area contributed by atoms with E-state index < -0.39 is 0 Å². The summed E-state index contributed by atoms with van der Waals surface area (Å²) in [6, 6.07) is 7.88. The maximum Gasteiger partial charge on any atom is 0.223 e. The van der Waals surface area contributed by atoms with Crippen molar-refractivity contribution in [3.63, 3.8) is 0 Å². The fourth-order valence-corrected chi connectivity index (χ4v) is 2.30. The van der Waals surface area contributed by atoms with Gasteiger partial charge in [-0.15, -0.1) is 0 Å². The predicted molar refractivity (Wildman–Crippen MR) is 68.4 cm³/mol. The van der Waals surface area contributed by atoms with Gasteiger partial charge < -0.3 is 14.9 Å². The number of rotatable bonds is 2. The minimum atomic E-state index is 0.0725. The van der Waals surface area contributed by atoms with Crippen molar-refractivity contribution >= 4 is 17.3 Å². The van der Waals surface area contributed by atoms with E-state index in [1.807, 2.05) is 29.2 Å². The number of hydrogen-bond donors (Lipinski definition) is 1. The summed E-state index contributed by atoms with van der Waals surface area (Å²) >= 11 is 0. The van der Waals surface area contributed by atoms with Gasteiger partial charge in [-0.3, -0.25) is 4.79 Å². The highest BCUT2D eigenvalue weighted by Crippen LogP contribution is 2.31. The van der Waals surface area contributed by atoms with Crippen LogP contribution < -0.4 is 9.80 Å². The standard InChI is InChI=1S/C13H18N2O2/c1-11(17)15-8-4-7-14(9-10-16)12-5-2-3-6-13(12)15/h2-3,5-6,16H,4,7-10H2,1H3. The number of amides is 1. The van der Waals surface area contributed by atoms with Crippen LogP contribution in [0.15, 0.2) is 24.3 Å². The smallest absolute Gasteiger partial charge is 0.223 e. The number of hydrogen-bond acceptors (Lipinski definition) is 3. The monoisotopic (exact) mass is 234 g/mol. The number of aliphatic hydroxyl groups is 1. The second kappa shape index (κ2) is 5.19. The molecule has 4 heteroatoms. The molecule has 0 bridgehead atoms. The van der Waals surface area contributed by atoms with Gasteiger partial charge in [0, 0.05) is 26.6 Å². The zero-order valence-electron chi connectivity index (χ0n) is 10.1. The van der Waals surface area contributed by atoms with E-state index in [9.17, 15) is 4.79 Å². The highest BCUT2D eigenvalue weighted by molar-refractivity contribution is 5.95. The van der Waals surface area contributed by atoms with E-state index in [4.69, 9.17) is 5.11 Å². The van der Waals surface area contributed by atoms with Gasteiger partial charge in [-0.2, -0.15) is 0 Å². The second-order valence-electron chi connectivity index (χ2n) is 4.22. The summed E-state index contributed by atoms with van der Waals surface area (Å²) in [5.41, 5.74) is 1.99. The molecule has 0 saturated carbocycles. The van der Waals surface area contributed by atoms with Crippen molar-refractivity contribution in [2.75, 3.05) is 36.0 Å². The zero-order valence-corrected chi connectivity index (χ0v) is 10.1. The minimum absolute atomic E-state index is 0.0725. The molecule has 0 spiro atoms. The van der Waals surface area contributed by atoms with Crippen LogP contribution in [0, 0.1) is 0 Å². The van der Waals surface area contributed by atoms with Crippen molar-refractivity contribution in [3.05, 3.63) is 24.3 Å². The largest absolute Gasteiger partial charge is 0.395 e. The molecule has 0 atom stereocenters. The number of benzene rings is 1. The Balaban J connectivity index is 2.40. The third kappa shape index (κ3) is 2.42. The molecule has 0 saturated heterocycles. The van der Waals surface area contributed by atoms with E-state index in [1.54, 1.807) is 6.92 Å². The minimum Gasteiger partial charge on any atom is -0.395 e. The summed E-state index contributed by atoms with van der Waals surface area (Å²) in [5.74, 6) is 0.0725. The number of carbonyl (C=O) groups is 1. The lowest BCUT2D eigenvalue weighted by Crippen LogP contribution is -2.28. The molecule has 1 amide bonds. The molecule has 0 aromatic heterocycles. The molecule has 4 nitrogen and oxygen atoms in total. The van der Waals surface area contributed by atoms with Crippen LogP contribution in [0.2, 0.25) is 0 Å². The van der Waals surface area contributed by atoms with Gasteiger partial charge in [0.05, 0.1) is 18.0 Å². The first-order valence-corrected chi connectivity index (χ1v) is 5.97. The molecule has 2 rings (SSSR count). The molecular formula is C13H18N2O2. The van der Waals surface area contributed by atoms with Crippen LogP contribution in [0.5, 0.6) is 0 Å². The first-order valence-electron chi connectivity index (χ1n) is 5.97. The van der Waals surface area contributed by atoms with E-state index in [-0.39, 0.29) is 12.5 Å². The number of nitrogens with zero attached hydrogens (tertiary/aromatic N) is 2. The highest BCUT2D eigenvalue weighted by Gasteiger charge is 2.21. The van der Waals surface area contributed by atoms with Gasteiger partial charge in [-0.1, -0.05) is 12.1 Å². The van der Waals surface area contributed by atoms with Crippen molar-refractivity contribution in [3.8, 4) is 0 Å². The topological polar surface area (TPSA) is 43.8 Å². The predicted octanol–water partition coefficient (Wildman–Crippen LogP) is 1.24. The summed E-state index contributed by atoms with van der Waals surface area (Å²) in [7, 11) is 0. The van der Waals surface area contributed by atoms with Crippen molar-refractivity contribution < 1.29 is 9.90 Å². The Morgan fingerprint density at radius 1 is 1.29 bits per heavy atom. The maximum atomic E-state index is 11.6. The van der Waals surface area contributed by atoms with E-state index in [0.29, 0.717) is 6.54 Å². The Labute approximate surface area is 101 Å². The number of para-hydroxylation sites is 2. The van der Waals surface area contributed by atoms with Crippen LogP contribution >= 0.6 is 0 Å². The first kappa shape index (κ1) is 11.9. The van der Waals surface area contributed by atoms with Crippen LogP contribution in [0.4, 0.5) is 11.4 Å². The molecule has 0 fully saturated rings. The Morgan fingerprint density at radius 2 is 2.00 bits per heavy atom. The first-order chi connectivity index (χ1) is 8.24. The molecule has 1 heterocycles. The van der Waals surface area contributed by atoms with Crippen molar-refractivity contribution in [2.45, 2.75) is 13.3 Å². The molecule has 0 radical (unpaired) electrons. The lowest BCUT2D eigenvalue weighted by Gasteiger charge is -2.25. The summed E-state index contributed by atoms with van der Waals surface area (Å²) < 4.78 is 0. The SMILES string of the molecule is CC(=O)N1CCCN(CCO)c2ccccc21. The molecule has 1 aromatic rings. The van der Waals surface area contributed by atoms with Crippen LogP contribution in [0.25, 0.3) is 0 Å². The average Bonchev–Trinajstić information content (AvgIpc) is 2.50. The van der Waals surface area contributed by atoms with E-state index >= 15 is 0 Å². The van der Waals surface area contributed by atoms with E-state index in [0.717, 1.165) is 30.9 Å². The molecule has 92 valence electrons. The lowest BCUT2D eigenvalue weighted by molar-refractivity contribution is -0.116. The molecule has 1 aromatic carbocycles. The normalized spacial score (nSPS) is 15.4. The molecule has 17 heavy (non-hydrogen) atoms. The quantitative estimate of drug-likeness (QED) is 0.837. The number of β-amino-alcohol motifs (C(OH)–C–C–N with tert-alkyl or cyclic N) is 1. The average molecular weight is 234 g/mol. The summed E-state index contributed by atoms with van der Waals surface area (Å²) in [5, 5.41) is 9.09. The molecule has 1 N–H and O–H groups in total. The lowest BCUT2D eigenvalue weighted by atomic mass is 10.2. The third-order valence-electron chi connectivity index (χ3n) is 3.07. The van der Waals surface area contributed by atoms with Gasteiger partial charge in [-0.05, 0) is 18.6 Å². The number of anilines is 2. The molecule has 1 aliphatic heterocycles. The van der Waals surface area contributed by atoms with Gasteiger partial charge in [-0.25, -0.2) is 0 Å². The van der Waals surface area contributed by atoms with Gasteiger partial charge in [0.25, 0.3) is 0 Å². The number of aliphatic hydroxyl groups excluding tert-OH is 1. The second-order valence-corrected chi connectivity index (χ2v) is 4.22. The van der Waals surface area contributed by atoms with Crippen LogP contribution in [-0.4, -0.2) is 37.3 Å². The van der Waals surface area contributed by atoms with Crippen LogP contribution in [-0.2, 0) is 4.79 Å². The van der Waals surface area contributed by atoms with Gasteiger partial charge in [0.15, 0.2) is 0 Å². The Bertz CT molecular complexity index is 406. The molecule has 0 unspecified atom stereocenters. The fraction of sp³-hybridized carbons (Fsp3) is 0.462. The van der Waals surface area contributed by atoms with Crippen molar-refractivity contribution in [1.29, 1.82) is 0 Å². The Kier molecular flexibility index (Phi) is 3.64.